The Kier molecular flexibility index (Phi) is 7.87. The summed E-state index contributed by atoms with van der Waals surface area (Å²) in [6.45, 7) is 2.87. The molecular formula is C27H34N4O2. The van der Waals surface area contributed by atoms with Crippen molar-refractivity contribution < 1.29 is 9.90 Å². The summed E-state index contributed by atoms with van der Waals surface area (Å²) in [5.41, 5.74) is 2.62. The Bertz CT molecular complexity index is 1050. The van der Waals surface area contributed by atoms with Gasteiger partial charge in [-0.1, -0.05) is 69.7 Å². The summed E-state index contributed by atoms with van der Waals surface area (Å²) >= 11 is 0. The van der Waals surface area contributed by atoms with E-state index in [4.69, 9.17) is 10.1 Å². The van der Waals surface area contributed by atoms with E-state index in [1.165, 1.54) is 38.5 Å². The van der Waals surface area contributed by atoms with Crippen LogP contribution in [0.4, 0.5) is 0 Å². The van der Waals surface area contributed by atoms with Gasteiger partial charge in [0, 0.05) is 24.6 Å². The first-order chi connectivity index (χ1) is 16.1. The zero-order valence-corrected chi connectivity index (χ0v) is 19.5. The Morgan fingerprint density at radius 1 is 1.09 bits per heavy atom. The van der Waals surface area contributed by atoms with E-state index in [9.17, 15) is 9.90 Å². The summed E-state index contributed by atoms with van der Waals surface area (Å²) in [6.07, 6.45) is 13.8. The Balaban J connectivity index is 1.48. The summed E-state index contributed by atoms with van der Waals surface area (Å²) in [5, 5.41) is 14.3. The molecule has 1 fully saturated rings. The van der Waals surface area contributed by atoms with Crippen LogP contribution < -0.4 is 0 Å². The number of hydrogen-bond acceptors (Lipinski definition) is 4. The van der Waals surface area contributed by atoms with E-state index in [2.05, 4.69) is 16.6 Å². The molecular weight excluding hydrogens is 412 g/mol. The number of aromatic nitrogens is 4. The van der Waals surface area contributed by atoms with Crippen LogP contribution in [0, 0.1) is 5.92 Å². The van der Waals surface area contributed by atoms with Gasteiger partial charge in [-0.2, -0.15) is 5.10 Å². The second-order valence-corrected chi connectivity index (χ2v) is 9.15. The topological polar surface area (TPSA) is 80.9 Å². The number of hydrogen-bond donors (Lipinski definition) is 1. The zero-order valence-electron chi connectivity index (χ0n) is 19.5. The minimum absolute atomic E-state index is 0.214. The van der Waals surface area contributed by atoms with Gasteiger partial charge in [-0.25, -0.2) is 14.5 Å². The van der Waals surface area contributed by atoms with Gasteiger partial charge in [-0.15, -0.1) is 0 Å². The van der Waals surface area contributed by atoms with Crippen molar-refractivity contribution in [1.82, 2.24) is 19.7 Å². The molecule has 6 heteroatoms. The number of carbonyl (C=O) groups is 1. The van der Waals surface area contributed by atoms with E-state index in [1.54, 1.807) is 18.3 Å². The molecule has 1 N–H and O–H groups in total. The number of rotatable bonds is 10. The van der Waals surface area contributed by atoms with Gasteiger partial charge in [0.15, 0.2) is 5.82 Å². The molecule has 1 aromatic carbocycles. The molecule has 2 heterocycles. The van der Waals surface area contributed by atoms with Gasteiger partial charge < -0.3 is 5.11 Å². The van der Waals surface area contributed by atoms with Gasteiger partial charge in [0.1, 0.15) is 5.82 Å². The fraction of sp³-hybridized carbons (Fsp3) is 0.481. The molecule has 1 aliphatic rings. The van der Waals surface area contributed by atoms with Crippen LogP contribution >= 0.6 is 0 Å². The van der Waals surface area contributed by atoms with E-state index >= 15 is 0 Å². The Morgan fingerprint density at radius 3 is 2.61 bits per heavy atom. The average Bonchev–Trinajstić information content (AvgIpc) is 3.24. The van der Waals surface area contributed by atoms with Gasteiger partial charge >= 0.3 is 5.97 Å². The maximum atomic E-state index is 11.5. The monoisotopic (exact) mass is 446 g/mol. The van der Waals surface area contributed by atoms with Crippen molar-refractivity contribution in [3.05, 3.63) is 65.4 Å². The smallest absolute Gasteiger partial charge is 0.337 e. The van der Waals surface area contributed by atoms with Crippen molar-refractivity contribution in [1.29, 1.82) is 0 Å². The third-order valence-corrected chi connectivity index (χ3v) is 6.64. The van der Waals surface area contributed by atoms with E-state index in [1.807, 2.05) is 24.3 Å². The Labute approximate surface area is 196 Å². The fourth-order valence-electron chi connectivity index (χ4n) is 4.74. The molecule has 3 aromatic rings. The number of aryl methyl sites for hydroxylation is 2. The summed E-state index contributed by atoms with van der Waals surface area (Å²) in [7, 11) is 0. The molecule has 0 radical (unpaired) electrons. The van der Waals surface area contributed by atoms with Gasteiger partial charge in [-0.3, -0.25) is 4.98 Å². The molecule has 4 rings (SSSR count). The molecule has 0 bridgehead atoms. The van der Waals surface area contributed by atoms with Crippen LogP contribution in [-0.4, -0.2) is 30.8 Å². The Hall–Kier alpha value is -3.02. The number of carboxylic acids is 1. The van der Waals surface area contributed by atoms with Crippen molar-refractivity contribution in [2.45, 2.75) is 77.7 Å². The lowest BCUT2D eigenvalue weighted by Crippen LogP contribution is -2.08. The van der Waals surface area contributed by atoms with Gasteiger partial charge in [0.25, 0.3) is 0 Å². The van der Waals surface area contributed by atoms with Crippen LogP contribution in [0.15, 0.2) is 42.6 Å². The molecule has 174 valence electrons. The van der Waals surface area contributed by atoms with Crippen LogP contribution in [0.1, 0.15) is 85.9 Å². The molecule has 0 unspecified atom stereocenters. The van der Waals surface area contributed by atoms with E-state index in [0.29, 0.717) is 12.2 Å². The number of benzene rings is 1. The maximum Gasteiger partial charge on any atom is 0.337 e. The minimum atomic E-state index is -0.967. The Morgan fingerprint density at radius 2 is 1.88 bits per heavy atom. The van der Waals surface area contributed by atoms with Crippen molar-refractivity contribution in [3.8, 4) is 11.3 Å². The first-order valence-electron chi connectivity index (χ1n) is 12.3. The highest BCUT2D eigenvalue weighted by Crippen LogP contribution is 2.27. The zero-order chi connectivity index (χ0) is 23.0. The number of nitrogens with zero attached hydrogens (tertiary/aromatic N) is 4. The highest BCUT2D eigenvalue weighted by Gasteiger charge is 2.17. The van der Waals surface area contributed by atoms with Crippen LogP contribution in [0.2, 0.25) is 0 Å². The largest absolute Gasteiger partial charge is 0.478 e. The predicted octanol–water partition coefficient (Wildman–Crippen LogP) is 5.94. The molecule has 0 amide bonds. The van der Waals surface area contributed by atoms with Crippen molar-refractivity contribution >= 4 is 5.97 Å². The number of aromatic carboxylic acids is 1. The van der Waals surface area contributed by atoms with Crippen LogP contribution in [-0.2, 0) is 19.4 Å². The van der Waals surface area contributed by atoms with Crippen LogP contribution in [0.3, 0.4) is 0 Å². The first kappa shape index (κ1) is 23.1. The summed E-state index contributed by atoms with van der Waals surface area (Å²) in [4.78, 5) is 20.7. The van der Waals surface area contributed by atoms with Crippen molar-refractivity contribution in [2.24, 2.45) is 5.92 Å². The second kappa shape index (κ2) is 11.2. The third kappa shape index (κ3) is 6.06. The number of unbranched alkanes of at least 4 members (excludes halogenated alkanes) is 1. The van der Waals surface area contributed by atoms with Crippen LogP contribution in [0.5, 0.6) is 0 Å². The predicted molar refractivity (Wildman–Crippen MR) is 129 cm³/mol. The first-order valence-corrected chi connectivity index (χ1v) is 12.3. The molecule has 0 spiro atoms. The molecule has 0 saturated heterocycles. The second-order valence-electron chi connectivity index (χ2n) is 9.15. The molecule has 0 aliphatic heterocycles. The standard InChI is InChI=1S/C27H34N4O2/c1-2-3-11-25-29-24(17-14-20-8-5-4-6-9-20)30-31(25)19-21-12-15-22(16-13-21)26-23(27(32)33)10-7-18-28-26/h7,10,12-13,15-16,18,20H,2-6,8-9,11,14,17,19H2,1H3,(H,32,33). The molecule has 1 aliphatic carbocycles. The fourth-order valence-corrected chi connectivity index (χ4v) is 4.74. The van der Waals surface area contributed by atoms with E-state index in [-0.39, 0.29) is 5.56 Å². The molecule has 2 aromatic heterocycles. The normalized spacial score (nSPS) is 14.5. The molecule has 1 saturated carbocycles. The highest BCUT2D eigenvalue weighted by molar-refractivity contribution is 5.94. The maximum absolute atomic E-state index is 11.5. The lowest BCUT2D eigenvalue weighted by atomic mass is 9.86. The van der Waals surface area contributed by atoms with E-state index in [0.717, 1.165) is 54.4 Å². The number of carboxylic acid groups (broad SMARTS) is 1. The van der Waals surface area contributed by atoms with Gasteiger partial charge in [-0.05, 0) is 36.5 Å². The third-order valence-electron chi connectivity index (χ3n) is 6.64. The SMILES string of the molecule is CCCCc1nc(CCC2CCCCC2)nn1Cc1ccc(-c2ncccc2C(=O)O)cc1. The van der Waals surface area contributed by atoms with Gasteiger partial charge in [0.05, 0.1) is 17.8 Å². The summed E-state index contributed by atoms with van der Waals surface area (Å²) in [5.74, 6) is 1.91. The summed E-state index contributed by atoms with van der Waals surface area (Å²) < 4.78 is 2.06. The number of pyridine rings is 1. The molecule has 0 atom stereocenters. The van der Waals surface area contributed by atoms with Crippen LogP contribution in [0.25, 0.3) is 11.3 Å². The lowest BCUT2D eigenvalue weighted by Gasteiger charge is -2.20. The highest BCUT2D eigenvalue weighted by atomic mass is 16.4. The quantitative estimate of drug-likeness (QED) is 0.417. The molecule has 33 heavy (non-hydrogen) atoms. The summed E-state index contributed by atoms with van der Waals surface area (Å²) in [6, 6.07) is 11.2. The van der Waals surface area contributed by atoms with Crippen molar-refractivity contribution in [2.75, 3.05) is 0 Å². The van der Waals surface area contributed by atoms with E-state index < -0.39 is 5.97 Å². The van der Waals surface area contributed by atoms with Gasteiger partial charge in [0.2, 0.25) is 0 Å². The average molecular weight is 447 g/mol. The van der Waals surface area contributed by atoms with Crippen molar-refractivity contribution in [3.63, 3.8) is 0 Å². The minimum Gasteiger partial charge on any atom is -0.478 e. The lowest BCUT2D eigenvalue weighted by molar-refractivity contribution is 0.0697. The molecule has 6 nitrogen and oxygen atoms in total.